The molecule has 12 heavy (non-hydrogen) atoms. The third-order valence-electron chi connectivity index (χ3n) is 1.71. The van der Waals surface area contributed by atoms with Crippen LogP contribution in [0.3, 0.4) is 0 Å². The number of nitrogens with zero attached hydrogens (tertiary/aromatic N) is 3. The van der Waals surface area contributed by atoms with Crippen molar-refractivity contribution in [1.29, 1.82) is 0 Å². The van der Waals surface area contributed by atoms with Gasteiger partial charge in [-0.3, -0.25) is 4.79 Å². The molecule has 1 N–H and O–H groups in total. The lowest BCUT2D eigenvalue weighted by molar-refractivity contribution is 0.824. The van der Waals surface area contributed by atoms with Gasteiger partial charge >= 0.3 is 0 Å². The van der Waals surface area contributed by atoms with E-state index in [0.717, 1.165) is 12.1 Å². The van der Waals surface area contributed by atoms with Gasteiger partial charge in [-0.2, -0.15) is 10.2 Å². The van der Waals surface area contributed by atoms with Crippen molar-refractivity contribution in [3.63, 3.8) is 0 Å². The summed E-state index contributed by atoms with van der Waals surface area (Å²) in [6.07, 6.45) is 2.30. The Kier molecular flexibility index (Phi) is 1.43. The molecule has 2 rings (SSSR count). The monoisotopic (exact) mass is 164 g/mol. The van der Waals surface area contributed by atoms with Crippen molar-refractivity contribution in [2.24, 2.45) is 0 Å². The molecule has 0 bridgehead atoms. The van der Waals surface area contributed by atoms with E-state index >= 15 is 0 Å². The maximum absolute atomic E-state index is 11.1. The second kappa shape index (κ2) is 2.44. The third kappa shape index (κ3) is 0.903. The van der Waals surface area contributed by atoms with Gasteiger partial charge in [0.2, 0.25) is 0 Å². The van der Waals surface area contributed by atoms with Crippen LogP contribution in [0.25, 0.3) is 5.52 Å². The number of aromatic amines is 1. The van der Waals surface area contributed by atoms with Gasteiger partial charge in [0, 0.05) is 0 Å². The van der Waals surface area contributed by atoms with Crippen LogP contribution in [0.4, 0.5) is 0 Å². The number of fused-ring (bicyclic) bond motifs is 1. The molecule has 0 spiro atoms. The van der Waals surface area contributed by atoms with Crippen molar-refractivity contribution in [2.45, 2.75) is 13.3 Å². The first-order chi connectivity index (χ1) is 5.81. The molecule has 0 fully saturated rings. The first-order valence-electron chi connectivity index (χ1n) is 3.73. The fourth-order valence-corrected chi connectivity index (χ4v) is 1.07. The average molecular weight is 164 g/mol. The van der Waals surface area contributed by atoms with Gasteiger partial charge in [0.1, 0.15) is 11.8 Å². The smallest absolute Gasteiger partial charge is 0.266 e. The first-order valence-corrected chi connectivity index (χ1v) is 3.73. The van der Waals surface area contributed by atoms with Crippen molar-refractivity contribution in [1.82, 2.24) is 19.8 Å². The quantitative estimate of drug-likeness (QED) is 0.644. The second-order valence-corrected chi connectivity index (χ2v) is 2.50. The van der Waals surface area contributed by atoms with Gasteiger partial charge in [0.25, 0.3) is 5.56 Å². The zero-order valence-electron chi connectivity index (χ0n) is 6.61. The summed E-state index contributed by atoms with van der Waals surface area (Å²) >= 11 is 0. The number of H-pyrrole nitrogens is 1. The Labute approximate surface area is 68.0 Å². The molecular formula is C7H8N4O. The van der Waals surface area contributed by atoms with Gasteiger partial charge in [-0.15, -0.1) is 0 Å². The Hall–Kier alpha value is -1.65. The van der Waals surface area contributed by atoms with E-state index in [0.29, 0.717) is 5.52 Å². The lowest BCUT2D eigenvalue weighted by Crippen LogP contribution is -2.10. The number of aryl methyl sites for hydroxylation is 1. The molecule has 0 aliphatic heterocycles. The van der Waals surface area contributed by atoms with E-state index in [1.165, 1.54) is 10.8 Å². The summed E-state index contributed by atoms with van der Waals surface area (Å²) in [5, 5.41) is 10.1. The van der Waals surface area contributed by atoms with E-state index in [9.17, 15) is 4.79 Å². The molecule has 0 aliphatic carbocycles. The molecule has 2 heterocycles. The first kappa shape index (κ1) is 7.02. The van der Waals surface area contributed by atoms with Crippen molar-refractivity contribution >= 4 is 5.52 Å². The molecular weight excluding hydrogens is 156 g/mol. The van der Waals surface area contributed by atoms with Crippen LogP contribution in [0, 0.1) is 0 Å². The lowest BCUT2D eigenvalue weighted by atomic mass is 10.3. The van der Waals surface area contributed by atoms with Gasteiger partial charge < -0.3 is 0 Å². The summed E-state index contributed by atoms with van der Waals surface area (Å²) in [4.78, 5) is 11.1. The fraction of sp³-hybridized carbons (Fsp3) is 0.286. The number of aromatic nitrogens is 4. The minimum absolute atomic E-state index is 0.204. The largest absolute Gasteiger partial charge is 0.290 e. The highest BCUT2D eigenvalue weighted by molar-refractivity contribution is 5.43. The molecule has 62 valence electrons. The van der Waals surface area contributed by atoms with E-state index in [-0.39, 0.29) is 5.56 Å². The molecule has 2 aromatic rings. The van der Waals surface area contributed by atoms with E-state index < -0.39 is 0 Å². The molecule has 0 unspecified atom stereocenters. The van der Waals surface area contributed by atoms with E-state index in [1.54, 1.807) is 6.07 Å². The van der Waals surface area contributed by atoms with Gasteiger partial charge in [-0.05, 0) is 12.5 Å². The second-order valence-electron chi connectivity index (χ2n) is 2.50. The van der Waals surface area contributed by atoms with Gasteiger partial charge in [-0.1, -0.05) is 6.92 Å². The Morgan fingerprint density at radius 3 is 3.17 bits per heavy atom. The average Bonchev–Trinajstić information content (AvgIpc) is 2.49. The van der Waals surface area contributed by atoms with Crippen LogP contribution >= 0.6 is 0 Å². The van der Waals surface area contributed by atoms with E-state index in [1.807, 2.05) is 6.92 Å². The Morgan fingerprint density at radius 1 is 1.67 bits per heavy atom. The van der Waals surface area contributed by atoms with Crippen LogP contribution in [-0.4, -0.2) is 19.8 Å². The molecule has 0 saturated carbocycles. The number of rotatable bonds is 1. The van der Waals surface area contributed by atoms with Crippen LogP contribution in [-0.2, 0) is 6.42 Å². The lowest BCUT2D eigenvalue weighted by Gasteiger charge is -1.86. The predicted molar refractivity (Wildman–Crippen MR) is 43.0 cm³/mol. The summed E-state index contributed by atoms with van der Waals surface area (Å²) in [7, 11) is 0. The predicted octanol–water partition coefficient (Wildman–Crippen LogP) is -0.0200. The Bertz CT molecular complexity index is 456. The van der Waals surface area contributed by atoms with Crippen LogP contribution in [0.2, 0.25) is 0 Å². The van der Waals surface area contributed by atoms with Crippen molar-refractivity contribution in [3.8, 4) is 0 Å². The van der Waals surface area contributed by atoms with Crippen molar-refractivity contribution in [2.75, 3.05) is 0 Å². The number of nitrogens with one attached hydrogen (secondary N) is 1. The van der Waals surface area contributed by atoms with Crippen LogP contribution in [0.5, 0.6) is 0 Å². The normalized spacial score (nSPS) is 10.8. The molecule has 0 atom stereocenters. The highest BCUT2D eigenvalue weighted by Crippen LogP contribution is 1.99. The minimum Gasteiger partial charge on any atom is -0.266 e. The van der Waals surface area contributed by atoms with Crippen LogP contribution < -0.4 is 5.56 Å². The maximum atomic E-state index is 11.1. The molecule has 5 nitrogen and oxygen atoms in total. The standard InChI is InChI=1S/C7H8N4O/c1-2-5-3-6-7(12)9-8-4-11(6)10-5/h3-4H,2H2,1H3,(H,9,12). The van der Waals surface area contributed by atoms with Crippen molar-refractivity contribution in [3.05, 3.63) is 28.4 Å². The molecule has 0 aliphatic rings. The summed E-state index contributed by atoms with van der Waals surface area (Å²) in [5.41, 5.74) is 1.24. The summed E-state index contributed by atoms with van der Waals surface area (Å²) in [6, 6.07) is 1.76. The Morgan fingerprint density at radius 2 is 2.50 bits per heavy atom. The third-order valence-corrected chi connectivity index (χ3v) is 1.71. The maximum Gasteiger partial charge on any atom is 0.290 e. The molecule has 0 saturated heterocycles. The highest BCUT2D eigenvalue weighted by Gasteiger charge is 2.01. The van der Waals surface area contributed by atoms with Gasteiger partial charge in [0.15, 0.2) is 0 Å². The molecule has 0 amide bonds. The number of hydrogen-bond donors (Lipinski definition) is 1. The van der Waals surface area contributed by atoms with Crippen LogP contribution in [0.15, 0.2) is 17.2 Å². The summed E-state index contributed by atoms with van der Waals surface area (Å²) < 4.78 is 1.48. The molecule has 5 heteroatoms. The van der Waals surface area contributed by atoms with E-state index in [2.05, 4.69) is 15.3 Å². The van der Waals surface area contributed by atoms with Gasteiger partial charge in [0.05, 0.1) is 5.69 Å². The van der Waals surface area contributed by atoms with Crippen LogP contribution in [0.1, 0.15) is 12.6 Å². The topological polar surface area (TPSA) is 63.0 Å². The fourth-order valence-electron chi connectivity index (χ4n) is 1.07. The highest BCUT2D eigenvalue weighted by atomic mass is 16.1. The number of hydrogen-bond acceptors (Lipinski definition) is 3. The minimum atomic E-state index is -0.204. The van der Waals surface area contributed by atoms with E-state index in [4.69, 9.17) is 0 Å². The molecule has 0 aromatic carbocycles. The summed E-state index contributed by atoms with van der Waals surface area (Å²) in [6.45, 7) is 1.99. The Balaban J connectivity index is 2.83. The zero-order valence-corrected chi connectivity index (χ0v) is 6.61. The van der Waals surface area contributed by atoms with Gasteiger partial charge in [-0.25, -0.2) is 9.61 Å². The van der Waals surface area contributed by atoms with Crippen molar-refractivity contribution < 1.29 is 0 Å². The SMILES string of the molecule is CCc1cc2c(=O)[nH]ncn2n1. The molecule has 0 radical (unpaired) electrons. The molecule has 2 aromatic heterocycles. The summed E-state index contributed by atoms with van der Waals surface area (Å²) in [5.74, 6) is 0. The zero-order chi connectivity index (χ0) is 8.55.